The molecule has 22 heavy (non-hydrogen) atoms. The molecule has 0 N–H and O–H groups in total. The van der Waals surface area contributed by atoms with Crippen LogP contribution < -0.4 is 5.56 Å². The second-order valence-electron chi connectivity index (χ2n) is 4.53. The van der Waals surface area contributed by atoms with E-state index in [0.29, 0.717) is 27.3 Å². The van der Waals surface area contributed by atoms with Gasteiger partial charge in [0.2, 0.25) is 0 Å². The van der Waals surface area contributed by atoms with E-state index in [-0.39, 0.29) is 24.5 Å². The minimum atomic E-state index is -0.488. The molecule has 0 radical (unpaired) electrons. The van der Waals surface area contributed by atoms with Crippen LogP contribution in [-0.4, -0.2) is 35.2 Å². The molecule has 0 saturated carbocycles. The summed E-state index contributed by atoms with van der Waals surface area (Å²) >= 11 is 1.12. The summed E-state index contributed by atoms with van der Waals surface area (Å²) < 4.78 is 10.9. The monoisotopic (exact) mass is 324 g/mol. The maximum absolute atomic E-state index is 12.5. The van der Waals surface area contributed by atoms with Crippen LogP contribution in [0, 0.1) is 6.92 Å². The summed E-state index contributed by atoms with van der Waals surface area (Å²) in [7, 11) is 1.29. The molecule has 0 aromatic carbocycles. The van der Waals surface area contributed by atoms with Gasteiger partial charge in [-0.3, -0.25) is 14.2 Å². The number of hydrogen-bond donors (Lipinski definition) is 0. The van der Waals surface area contributed by atoms with E-state index in [1.54, 1.807) is 13.8 Å². The number of carbonyl (C=O) groups is 2. The molecule has 8 heteroatoms. The minimum Gasteiger partial charge on any atom is -0.466 e. The van der Waals surface area contributed by atoms with E-state index in [2.05, 4.69) is 4.98 Å². The third kappa shape index (κ3) is 3.01. The van der Waals surface area contributed by atoms with E-state index in [1.165, 1.54) is 18.0 Å². The lowest BCUT2D eigenvalue weighted by Gasteiger charge is -2.05. The molecule has 0 unspecified atom stereocenters. The molecular weight excluding hydrogens is 308 g/mol. The molecule has 0 amide bonds. The molecule has 0 aliphatic rings. The van der Waals surface area contributed by atoms with Crippen LogP contribution in [0.1, 0.15) is 28.6 Å². The van der Waals surface area contributed by atoms with Crippen molar-refractivity contribution in [2.45, 2.75) is 26.8 Å². The van der Waals surface area contributed by atoms with Crippen LogP contribution in [-0.2, 0) is 20.8 Å². The third-order valence-electron chi connectivity index (χ3n) is 3.15. The van der Waals surface area contributed by atoms with E-state index < -0.39 is 5.97 Å². The van der Waals surface area contributed by atoms with Gasteiger partial charge in [-0.25, -0.2) is 9.78 Å². The first-order valence-electron chi connectivity index (χ1n) is 6.72. The standard InChI is InChI=1S/C14H16N2O5S/c1-4-21-9(17)5-6-16-7-15-12-10(13(16)18)8(2)11(22-12)14(19)20-3/h7H,4-6H2,1-3H3. The Hall–Kier alpha value is -2.22. The van der Waals surface area contributed by atoms with Crippen LogP contribution in [0.5, 0.6) is 0 Å². The second-order valence-corrected chi connectivity index (χ2v) is 5.53. The van der Waals surface area contributed by atoms with Crippen LogP contribution in [0.15, 0.2) is 11.1 Å². The van der Waals surface area contributed by atoms with Gasteiger partial charge in [0.25, 0.3) is 5.56 Å². The van der Waals surface area contributed by atoms with Crippen molar-refractivity contribution in [2.24, 2.45) is 0 Å². The highest BCUT2D eigenvalue weighted by atomic mass is 32.1. The molecule has 0 aliphatic carbocycles. The number of nitrogens with zero attached hydrogens (tertiary/aromatic N) is 2. The number of ether oxygens (including phenoxy) is 2. The van der Waals surface area contributed by atoms with Gasteiger partial charge in [-0.2, -0.15) is 0 Å². The zero-order valence-corrected chi connectivity index (χ0v) is 13.4. The van der Waals surface area contributed by atoms with E-state index in [0.717, 1.165) is 11.3 Å². The predicted octanol–water partition coefficient (Wildman–Crippen LogP) is 1.51. The van der Waals surface area contributed by atoms with Gasteiger partial charge in [-0.05, 0) is 19.4 Å². The number of aromatic nitrogens is 2. The first-order chi connectivity index (χ1) is 10.5. The van der Waals surface area contributed by atoms with Crippen molar-refractivity contribution in [3.05, 3.63) is 27.1 Å². The Morgan fingerprint density at radius 3 is 2.77 bits per heavy atom. The average Bonchev–Trinajstić information content (AvgIpc) is 2.84. The molecule has 0 saturated heterocycles. The van der Waals surface area contributed by atoms with Gasteiger partial charge in [0, 0.05) is 6.54 Å². The molecule has 2 heterocycles. The number of aryl methyl sites for hydroxylation is 2. The molecule has 118 valence electrons. The Balaban J connectivity index is 2.37. The largest absolute Gasteiger partial charge is 0.466 e. The SMILES string of the molecule is CCOC(=O)CCn1cnc2sc(C(=O)OC)c(C)c2c1=O. The summed E-state index contributed by atoms with van der Waals surface area (Å²) in [4.78, 5) is 40.6. The number of rotatable bonds is 5. The van der Waals surface area contributed by atoms with Crippen LogP contribution in [0.3, 0.4) is 0 Å². The Bertz CT molecular complexity index is 777. The van der Waals surface area contributed by atoms with Gasteiger partial charge in [0.05, 0.1) is 31.9 Å². The van der Waals surface area contributed by atoms with Gasteiger partial charge in [0.15, 0.2) is 0 Å². The van der Waals surface area contributed by atoms with Crippen molar-refractivity contribution in [2.75, 3.05) is 13.7 Å². The molecule has 2 rings (SSSR count). The quantitative estimate of drug-likeness (QED) is 0.775. The van der Waals surface area contributed by atoms with E-state index in [1.807, 2.05) is 0 Å². The molecule has 0 aliphatic heterocycles. The highest BCUT2D eigenvalue weighted by Crippen LogP contribution is 2.27. The number of esters is 2. The fraction of sp³-hybridized carbons (Fsp3) is 0.429. The highest BCUT2D eigenvalue weighted by Gasteiger charge is 2.19. The maximum Gasteiger partial charge on any atom is 0.348 e. The normalized spacial score (nSPS) is 10.7. The summed E-state index contributed by atoms with van der Waals surface area (Å²) in [5.41, 5.74) is 0.271. The van der Waals surface area contributed by atoms with Crippen molar-refractivity contribution in [1.82, 2.24) is 9.55 Å². The van der Waals surface area contributed by atoms with Gasteiger partial charge in [0.1, 0.15) is 9.71 Å². The Morgan fingerprint density at radius 2 is 2.14 bits per heavy atom. The van der Waals surface area contributed by atoms with Crippen molar-refractivity contribution in [1.29, 1.82) is 0 Å². The van der Waals surface area contributed by atoms with E-state index in [9.17, 15) is 14.4 Å². The zero-order valence-electron chi connectivity index (χ0n) is 12.5. The molecule has 0 spiro atoms. The molecule has 2 aromatic rings. The molecule has 0 fully saturated rings. The smallest absolute Gasteiger partial charge is 0.348 e. The van der Waals surface area contributed by atoms with Crippen LogP contribution in [0.4, 0.5) is 0 Å². The molecule has 0 atom stereocenters. The summed E-state index contributed by atoms with van der Waals surface area (Å²) in [5, 5.41) is 0.386. The lowest BCUT2D eigenvalue weighted by Crippen LogP contribution is -2.22. The average molecular weight is 324 g/mol. The number of thiophene rings is 1. The lowest BCUT2D eigenvalue weighted by atomic mass is 10.2. The zero-order chi connectivity index (χ0) is 16.3. The minimum absolute atomic E-state index is 0.0912. The summed E-state index contributed by atoms with van der Waals surface area (Å²) in [5.74, 6) is -0.857. The van der Waals surface area contributed by atoms with E-state index in [4.69, 9.17) is 9.47 Å². The number of methoxy groups -OCH3 is 1. The van der Waals surface area contributed by atoms with Crippen molar-refractivity contribution >= 4 is 33.5 Å². The molecule has 0 bridgehead atoms. The van der Waals surface area contributed by atoms with Crippen molar-refractivity contribution in [3.8, 4) is 0 Å². The maximum atomic E-state index is 12.5. The van der Waals surface area contributed by atoms with Crippen LogP contribution >= 0.6 is 11.3 Å². The Morgan fingerprint density at radius 1 is 1.41 bits per heavy atom. The summed E-state index contributed by atoms with van der Waals surface area (Å²) in [6.45, 7) is 3.89. The van der Waals surface area contributed by atoms with Gasteiger partial charge in [-0.15, -0.1) is 11.3 Å². The first kappa shape index (κ1) is 16.2. The van der Waals surface area contributed by atoms with Gasteiger partial charge in [-0.1, -0.05) is 0 Å². The Kier molecular flexibility index (Phi) is 4.92. The van der Waals surface area contributed by atoms with Crippen molar-refractivity contribution < 1.29 is 19.1 Å². The highest BCUT2D eigenvalue weighted by molar-refractivity contribution is 7.20. The fourth-order valence-corrected chi connectivity index (χ4v) is 3.11. The number of carbonyl (C=O) groups excluding carboxylic acids is 2. The fourth-order valence-electron chi connectivity index (χ4n) is 2.05. The number of fused-ring (bicyclic) bond motifs is 1. The molecule has 2 aromatic heterocycles. The van der Waals surface area contributed by atoms with E-state index >= 15 is 0 Å². The lowest BCUT2D eigenvalue weighted by molar-refractivity contribution is -0.143. The van der Waals surface area contributed by atoms with Crippen LogP contribution in [0.2, 0.25) is 0 Å². The molecule has 7 nitrogen and oxygen atoms in total. The van der Waals surface area contributed by atoms with Gasteiger partial charge < -0.3 is 9.47 Å². The Labute approximate surface area is 130 Å². The second kappa shape index (κ2) is 6.69. The third-order valence-corrected chi connectivity index (χ3v) is 4.33. The summed E-state index contributed by atoms with van der Waals surface area (Å²) in [6.07, 6.45) is 1.47. The molecular formula is C14H16N2O5S. The summed E-state index contributed by atoms with van der Waals surface area (Å²) in [6, 6.07) is 0. The number of hydrogen-bond acceptors (Lipinski definition) is 7. The first-order valence-corrected chi connectivity index (χ1v) is 7.53. The predicted molar refractivity (Wildman–Crippen MR) is 81.2 cm³/mol. The van der Waals surface area contributed by atoms with Crippen molar-refractivity contribution in [3.63, 3.8) is 0 Å². The van der Waals surface area contributed by atoms with Crippen LogP contribution in [0.25, 0.3) is 10.2 Å². The topological polar surface area (TPSA) is 87.5 Å². The van der Waals surface area contributed by atoms with Gasteiger partial charge >= 0.3 is 11.9 Å².